The first kappa shape index (κ1) is 10.4. The summed E-state index contributed by atoms with van der Waals surface area (Å²) in [6.07, 6.45) is 0. The molecule has 0 atom stereocenters. The molecule has 16 heavy (non-hydrogen) atoms. The standard InChI is InChI=1S/C10H12N4O2/c1-5-4-7(14(3)13-5)9-11-6(2)8(12-9)10(15)16/h4H,1-3H3,(H,11,12)(H,15,16). The maximum atomic E-state index is 10.9. The number of aromatic nitrogens is 4. The number of hydrogen-bond acceptors (Lipinski definition) is 3. The van der Waals surface area contributed by atoms with E-state index in [1.54, 1.807) is 18.7 Å². The Morgan fingerprint density at radius 1 is 1.50 bits per heavy atom. The van der Waals surface area contributed by atoms with Gasteiger partial charge >= 0.3 is 5.97 Å². The minimum atomic E-state index is -1.03. The predicted octanol–water partition coefficient (Wildman–Crippen LogP) is 1.13. The molecule has 0 aliphatic carbocycles. The van der Waals surface area contributed by atoms with E-state index in [-0.39, 0.29) is 5.69 Å². The number of rotatable bonds is 2. The van der Waals surface area contributed by atoms with Gasteiger partial charge in [0.25, 0.3) is 0 Å². The van der Waals surface area contributed by atoms with Crippen molar-refractivity contribution >= 4 is 5.97 Å². The van der Waals surface area contributed by atoms with Gasteiger partial charge in [0.05, 0.1) is 5.69 Å². The number of carbonyl (C=O) groups is 1. The van der Waals surface area contributed by atoms with Crippen molar-refractivity contribution < 1.29 is 9.90 Å². The quantitative estimate of drug-likeness (QED) is 0.794. The SMILES string of the molecule is Cc1cc(-c2nc(C(=O)O)c(C)[nH]2)n(C)n1. The van der Waals surface area contributed by atoms with Gasteiger partial charge < -0.3 is 10.1 Å². The number of carboxylic acids is 1. The van der Waals surface area contributed by atoms with Gasteiger partial charge in [-0.15, -0.1) is 0 Å². The Labute approximate surface area is 91.9 Å². The first-order chi connectivity index (χ1) is 7.49. The van der Waals surface area contributed by atoms with Gasteiger partial charge in [0, 0.05) is 12.7 Å². The first-order valence-electron chi connectivity index (χ1n) is 4.80. The zero-order valence-electron chi connectivity index (χ0n) is 9.27. The third-order valence-corrected chi connectivity index (χ3v) is 2.33. The highest BCUT2D eigenvalue weighted by Crippen LogP contribution is 2.18. The molecular weight excluding hydrogens is 208 g/mol. The summed E-state index contributed by atoms with van der Waals surface area (Å²) in [6, 6.07) is 1.85. The summed E-state index contributed by atoms with van der Waals surface area (Å²) in [5.74, 6) is -0.503. The molecule has 0 aromatic carbocycles. The maximum absolute atomic E-state index is 10.9. The average molecular weight is 220 g/mol. The fraction of sp³-hybridized carbons (Fsp3) is 0.300. The van der Waals surface area contributed by atoms with Gasteiger partial charge in [0.15, 0.2) is 11.5 Å². The average Bonchev–Trinajstić information content (AvgIpc) is 2.69. The van der Waals surface area contributed by atoms with Crippen molar-refractivity contribution in [1.82, 2.24) is 19.7 Å². The lowest BCUT2D eigenvalue weighted by Crippen LogP contribution is -1.99. The summed E-state index contributed by atoms with van der Waals surface area (Å²) in [5, 5.41) is 13.1. The first-order valence-corrected chi connectivity index (χ1v) is 4.80. The van der Waals surface area contributed by atoms with Crippen molar-refractivity contribution in [3.8, 4) is 11.5 Å². The molecule has 0 radical (unpaired) electrons. The van der Waals surface area contributed by atoms with Gasteiger partial charge in [-0.1, -0.05) is 0 Å². The van der Waals surface area contributed by atoms with Crippen LogP contribution in [0.25, 0.3) is 11.5 Å². The van der Waals surface area contributed by atoms with Crippen LogP contribution in [-0.2, 0) is 7.05 Å². The number of H-pyrrole nitrogens is 1. The zero-order valence-corrected chi connectivity index (χ0v) is 9.27. The molecule has 0 saturated carbocycles. The van der Waals surface area contributed by atoms with Crippen LogP contribution in [0.5, 0.6) is 0 Å². The Hall–Kier alpha value is -2.11. The van der Waals surface area contributed by atoms with Gasteiger partial charge in [-0.05, 0) is 19.9 Å². The monoisotopic (exact) mass is 220 g/mol. The number of aromatic amines is 1. The summed E-state index contributed by atoms with van der Waals surface area (Å²) < 4.78 is 1.67. The molecule has 0 fully saturated rings. The molecule has 6 heteroatoms. The Kier molecular flexibility index (Phi) is 2.26. The fourth-order valence-electron chi connectivity index (χ4n) is 1.62. The van der Waals surface area contributed by atoms with E-state index in [9.17, 15) is 4.79 Å². The molecule has 0 spiro atoms. The normalized spacial score (nSPS) is 10.7. The lowest BCUT2D eigenvalue weighted by atomic mass is 10.3. The summed E-state index contributed by atoms with van der Waals surface area (Å²) in [7, 11) is 1.79. The number of nitrogens with one attached hydrogen (secondary N) is 1. The van der Waals surface area contributed by atoms with Crippen LogP contribution in [-0.4, -0.2) is 30.8 Å². The van der Waals surface area contributed by atoms with Gasteiger partial charge in [-0.3, -0.25) is 4.68 Å². The van der Waals surface area contributed by atoms with Crippen LogP contribution < -0.4 is 0 Å². The Balaban J connectivity index is 2.53. The Morgan fingerprint density at radius 3 is 2.62 bits per heavy atom. The molecule has 2 N–H and O–H groups in total. The van der Waals surface area contributed by atoms with E-state index in [4.69, 9.17) is 5.11 Å². The van der Waals surface area contributed by atoms with Gasteiger partial charge in [0.1, 0.15) is 5.69 Å². The molecule has 2 aromatic rings. The van der Waals surface area contributed by atoms with Crippen LogP contribution in [0.1, 0.15) is 21.9 Å². The van der Waals surface area contributed by atoms with Crippen molar-refractivity contribution in [2.45, 2.75) is 13.8 Å². The van der Waals surface area contributed by atoms with Crippen LogP contribution in [0, 0.1) is 13.8 Å². The Bertz CT molecular complexity index is 553. The molecule has 0 saturated heterocycles. The molecule has 6 nitrogen and oxygen atoms in total. The molecular formula is C10H12N4O2. The van der Waals surface area contributed by atoms with E-state index in [2.05, 4.69) is 15.1 Å². The third kappa shape index (κ3) is 1.58. The highest BCUT2D eigenvalue weighted by Gasteiger charge is 2.16. The molecule has 2 rings (SSSR count). The lowest BCUT2D eigenvalue weighted by molar-refractivity contribution is 0.0690. The van der Waals surface area contributed by atoms with E-state index in [0.717, 1.165) is 11.4 Å². The van der Waals surface area contributed by atoms with Crippen LogP contribution in [0.15, 0.2) is 6.07 Å². The second kappa shape index (κ2) is 3.48. The van der Waals surface area contributed by atoms with Crippen molar-refractivity contribution in [2.75, 3.05) is 0 Å². The van der Waals surface area contributed by atoms with E-state index < -0.39 is 5.97 Å². The van der Waals surface area contributed by atoms with Crippen molar-refractivity contribution in [1.29, 1.82) is 0 Å². The molecule has 0 unspecified atom stereocenters. The number of aryl methyl sites for hydroxylation is 3. The second-order valence-electron chi connectivity index (χ2n) is 3.66. The molecule has 84 valence electrons. The van der Waals surface area contributed by atoms with Crippen molar-refractivity contribution in [3.05, 3.63) is 23.1 Å². The topological polar surface area (TPSA) is 83.8 Å². The fourth-order valence-corrected chi connectivity index (χ4v) is 1.62. The van der Waals surface area contributed by atoms with Crippen LogP contribution in [0.4, 0.5) is 0 Å². The number of imidazole rings is 1. The summed E-state index contributed by atoms with van der Waals surface area (Å²) in [4.78, 5) is 17.8. The number of nitrogens with zero attached hydrogens (tertiary/aromatic N) is 3. The molecule has 0 aliphatic heterocycles. The van der Waals surface area contributed by atoms with Crippen LogP contribution in [0.3, 0.4) is 0 Å². The van der Waals surface area contributed by atoms with E-state index in [0.29, 0.717) is 11.5 Å². The van der Waals surface area contributed by atoms with E-state index >= 15 is 0 Å². The highest BCUT2D eigenvalue weighted by atomic mass is 16.4. The number of aromatic carboxylic acids is 1. The lowest BCUT2D eigenvalue weighted by Gasteiger charge is -1.95. The van der Waals surface area contributed by atoms with E-state index in [1.165, 1.54) is 0 Å². The smallest absolute Gasteiger partial charge is 0.356 e. The minimum absolute atomic E-state index is 0.0499. The molecule has 0 aliphatic rings. The van der Waals surface area contributed by atoms with Crippen molar-refractivity contribution in [2.24, 2.45) is 7.05 Å². The summed E-state index contributed by atoms with van der Waals surface area (Å²) >= 11 is 0. The van der Waals surface area contributed by atoms with Crippen LogP contribution >= 0.6 is 0 Å². The van der Waals surface area contributed by atoms with E-state index in [1.807, 2.05) is 13.0 Å². The van der Waals surface area contributed by atoms with Crippen molar-refractivity contribution in [3.63, 3.8) is 0 Å². The third-order valence-electron chi connectivity index (χ3n) is 2.33. The highest BCUT2D eigenvalue weighted by molar-refractivity contribution is 5.87. The van der Waals surface area contributed by atoms with Gasteiger partial charge in [-0.25, -0.2) is 9.78 Å². The van der Waals surface area contributed by atoms with Gasteiger partial charge in [0.2, 0.25) is 0 Å². The molecule has 2 heterocycles. The molecule has 0 amide bonds. The summed E-state index contributed by atoms with van der Waals surface area (Å²) in [5.41, 5.74) is 2.23. The predicted molar refractivity (Wildman–Crippen MR) is 57.2 cm³/mol. The second-order valence-corrected chi connectivity index (χ2v) is 3.66. The Morgan fingerprint density at radius 2 is 2.19 bits per heavy atom. The van der Waals surface area contributed by atoms with Crippen LogP contribution in [0.2, 0.25) is 0 Å². The number of carboxylic acid groups (broad SMARTS) is 1. The molecule has 0 bridgehead atoms. The number of hydrogen-bond donors (Lipinski definition) is 2. The summed E-state index contributed by atoms with van der Waals surface area (Å²) in [6.45, 7) is 3.56. The largest absolute Gasteiger partial charge is 0.476 e. The maximum Gasteiger partial charge on any atom is 0.356 e. The minimum Gasteiger partial charge on any atom is -0.476 e. The zero-order chi connectivity index (χ0) is 11.9. The molecule has 2 aromatic heterocycles. The van der Waals surface area contributed by atoms with Gasteiger partial charge in [-0.2, -0.15) is 5.10 Å².